The van der Waals surface area contributed by atoms with Crippen molar-refractivity contribution >= 4 is 17.6 Å². The molecule has 3 rings (SSSR count). The minimum atomic E-state index is -0.175. The number of amides is 3. The largest absolute Gasteiger partial charge is 0.334 e. The van der Waals surface area contributed by atoms with Crippen LogP contribution in [0.25, 0.3) is 0 Å². The van der Waals surface area contributed by atoms with E-state index in [0.29, 0.717) is 19.6 Å². The molecule has 142 valence electrons. The van der Waals surface area contributed by atoms with Crippen molar-refractivity contribution in [2.45, 2.75) is 32.7 Å². The first-order valence-electron chi connectivity index (χ1n) is 9.63. The number of likely N-dealkylation sites (tertiary alicyclic amines) is 1. The van der Waals surface area contributed by atoms with Crippen LogP contribution in [0, 0.1) is 5.92 Å². The molecule has 2 aromatic carbocycles. The minimum Gasteiger partial charge on any atom is -0.334 e. The summed E-state index contributed by atoms with van der Waals surface area (Å²) in [4.78, 5) is 26.9. The van der Waals surface area contributed by atoms with Crippen molar-refractivity contribution in [2.75, 3.05) is 18.4 Å². The normalized spacial score (nSPS) is 16.6. The number of hydrogen-bond acceptors (Lipinski definition) is 2. The maximum atomic E-state index is 12.7. The van der Waals surface area contributed by atoms with Gasteiger partial charge in [0.2, 0.25) is 5.91 Å². The van der Waals surface area contributed by atoms with Crippen LogP contribution in [0.3, 0.4) is 0 Å². The summed E-state index contributed by atoms with van der Waals surface area (Å²) < 4.78 is 0. The van der Waals surface area contributed by atoms with Crippen molar-refractivity contribution < 1.29 is 9.59 Å². The van der Waals surface area contributed by atoms with Gasteiger partial charge < -0.3 is 15.5 Å². The molecule has 5 nitrogen and oxygen atoms in total. The number of anilines is 1. The second kappa shape index (κ2) is 9.21. The number of para-hydroxylation sites is 1. The van der Waals surface area contributed by atoms with Crippen LogP contribution in [0.2, 0.25) is 0 Å². The number of carbonyl (C=O) groups is 2. The summed E-state index contributed by atoms with van der Waals surface area (Å²) in [6.45, 7) is 3.72. The van der Waals surface area contributed by atoms with Gasteiger partial charge in [0, 0.05) is 25.3 Å². The Morgan fingerprint density at radius 2 is 1.81 bits per heavy atom. The fourth-order valence-electron chi connectivity index (χ4n) is 3.45. The SMILES string of the molecule is CCc1ccccc1NC(=O)C1CCCN(C(=O)NCc2ccccc2)C1. The molecule has 2 N–H and O–H groups in total. The zero-order chi connectivity index (χ0) is 19.1. The molecule has 0 spiro atoms. The molecular formula is C22H27N3O2. The highest BCUT2D eigenvalue weighted by molar-refractivity contribution is 5.93. The van der Waals surface area contributed by atoms with Crippen LogP contribution in [0.4, 0.5) is 10.5 Å². The molecular weight excluding hydrogens is 338 g/mol. The Bertz CT molecular complexity index is 776. The van der Waals surface area contributed by atoms with Crippen molar-refractivity contribution in [1.82, 2.24) is 10.2 Å². The van der Waals surface area contributed by atoms with Gasteiger partial charge in [0.25, 0.3) is 0 Å². The number of rotatable bonds is 5. The number of piperidine rings is 1. The molecule has 0 aromatic heterocycles. The molecule has 1 aliphatic rings. The van der Waals surface area contributed by atoms with Crippen molar-refractivity contribution in [2.24, 2.45) is 5.92 Å². The van der Waals surface area contributed by atoms with Gasteiger partial charge in [-0.05, 0) is 36.5 Å². The molecule has 5 heteroatoms. The molecule has 1 saturated heterocycles. The molecule has 0 aliphatic carbocycles. The van der Waals surface area contributed by atoms with Crippen LogP contribution in [0.15, 0.2) is 54.6 Å². The zero-order valence-corrected chi connectivity index (χ0v) is 15.8. The van der Waals surface area contributed by atoms with Crippen molar-refractivity contribution in [3.63, 3.8) is 0 Å². The zero-order valence-electron chi connectivity index (χ0n) is 15.8. The summed E-state index contributed by atoms with van der Waals surface area (Å²) in [5.74, 6) is -0.178. The molecule has 1 fully saturated rings. The second-order valence-electron chi connectivity index (χ2n) is 6.93. The van der Waals surface area contributed by atoms with Crippen molar-refractivity contribution in [3.05, 3.63) is 65.7 Å². The van der Waals surface area contributed by atoms with Gasteiger partial charge in [-0.3, -0.25) is 4.79 Å². The van der Waals surface area contributed by atoms with Crippen LogP contribution in [0.5, 0.6) is 0 Å². The third-order valence-corrected chi connectivity index (χ3v) is 5.02. The quantitative estimate of drug-likeness (QED) is 0.846. The maximum absolute atomic E-state index is 12.7. The summed E-state index contributed by atoms with van der Waals surface area (Å²) in [7, 11) is 0. The number of nitrogens with one attached hydrogen (secondary N) is 2. The van der Waals surface area contributed by atoms with Gasteiger partial charge in [-0.15, -0.1) is 0 Å². The predicted octanol–water partition coefficient (Wildman–Crippen LogP) is 3.81. The van der Waals surface area contributed by atoms with Gasteiger partial charge in [-0.1, -0.05) is 55.5 Å². The number of urea groups is 1. The Morgan fingerprint density at radius 3 is 2.59 bits per heavy atom. The van der Waals surface area contributed by atoms with E-state index in [1.54, 1.807) is 4.90 Å². The van der Waals surface area contributed by atoms with E-state index >= 15 is 0 Å². The summed E-state index contributed by atoms with van der Waals surface area (Å²) in [6.07, 6.45) is 2.52. The van der Waals surface area contributed by atoms with Gasteiger partial charge in [0.05, 0.1) is 5.92 Å². The summed E-state index contributed by atoms with van der Waals surface area (Å²) in [6, 6.07) is 17.6. The molecule has 0 bridgehead atoms. The maximum Gasteiger partial charge on any atom is 0.317 e. The molecule has 1 atom stereocenters. The summed E-state index contributed by atoms with van der Waals surface area (Å²) >= 11 is 0. The number of carbonyl (C=O) groups excluding carboxylic acids is 2. The summed E-state index contributed by atoms with van der Waals surface area (Å²) in [5.41, 5.74) is 3.06. The van der Waals surface area contributed by atoms with Crippen LogP contribution < -0.4 is 10.6 Å². The summed E-state index contributed by atoms with van der Waals surface area (Å²) in [5, 5.41) is 6.00. The lowest BCUT2D eigenvalue weighted by atomic mass is 9.97. The van der Waals surface area contributed by atoms with Crippen molar-refractivity contribution in [3.8, 4) is 0 Å². The Hall–Kier alpha value is -2.82. The third kappa shape index (κ3) is 5.09. The van der Waals surface area contributed by atoms with E-state index in [2.05, 4.69) is 17.6 Å². The molecule has 1 heterocycles. The number of nitrogens with zero attached hydrogens (tertiary/aromatic N) is 1. The van der Waals surface area contributed by atoms with E-state index in [-0.39, 0.29) is 17.9 Å². The van der Waals surface area contributed by atoms with Gasteiger partial charge in [0.15, 0.2) is 0 Å². The fourth-order valence-corrected chi connectivity index (χ4v) is 3.45. The van der Waals surface area contributed by atoms with E-state index in [0.717, 1.165) is 36.1 Å². The fraction of sp³-hybridized carbons (Fsp3) is 0.364. The highest BCUT2D eigenvalue weighted by Crippen LogP contribution is 2.21. The van der Waals surface area contributed by atoms with E-state index in [1.165, 1.54) is 0 Å². The number of hydrogen-bond donors (Lipinski definition) is 2. The predicted molar refractivity (Wildman–Crippen MR) is 107 cm³/mol. The molecule has 0 saturated carbocycles. The Morgan fingerprint density at radius 1 is 1.07 bits per heavy atom. The third-order valence-electron chi connectivity index (χ3n) is 5.02. The lowest BCUT2D eigenvalue weighted by molar-refractivity contribution is -0.121. The first-order chi connectivity index (χ1) is 13.2. The van der Waals surface area contributed by atoms with Gasteiger partial charge in [-0.2, -0.15) is 0 Å². The molecule has 2 aromatic rings. The average molecular weight is 365 g/mol. The second-order valence-corrected chi connectivity index (χ2v) is 6.93. The van der Waals surface area contributed by atoms with Gasteiger partial charge in [0.1, 0.15) is 0 Å². The lowest BCUT2D eigenvalue weighted by Crippen LogP contribution is -2.47. The molecule has 0 radical (unpaired) electrons. The highest BCUT2D eigenvalue weighted by atomic mass is 16.2. The Kier molecular flexibility index (Phi) is 6.47. The average Bonchev–Trinajstić information content (AvgIpc) is 2.73. The first kappa shape index (κ1) is 19.0. The van der Waals surface area contributed by atoms with Crippen LogP contribution in [-0.4, -0.2) is 29.9 Å². The van der Waals surface area contributed by atoms with Gasteiger partial charge in [-0.25, -0.2) is 4.79 Å². The molecule has 27 heavy (non-hydrogen) atoms. The topological polar surface area (TPSA) is 61.4 Å². The highest BCUT2D eigenvalue weighted by Gasteiger charge is 2.28. The minimum absolute atomic E-state index is 0.00328. The van der Waals surface area contributed by atoms with Crippen LogP contribution in [-0.2, 0) is 17.8 Å². The lowest BCUT2D eigenvalue weighted by Gasteiger charge is -2.32. The number of benzene rings is 2. The molecule has 3 amide bonds. The van der Waals surface area contributed by atoms with E-state index in [4.69, 9.17) is 0 Å². The Labute approximate surface area is 160 Å². The first-order valence-corrected chi connectivity index (χ1v) is 9.63. The molecule has 1 unspecified atom stereocenters. The monoisotopic (exact) mass is 365 g/mol. The van der Waals surface area contributed by atoms with Crippen molar-refractivity contribution in [1.29, 1.82) is 0 Å². The van der Waals surface area contributed by atoms with Crippen LogP contribution in [0.1, 0.15) is 30.9 Å². The molecule has 1 aliphatic heterocycles. The van der Waals surface area contributed by atoms with E-state index < -0.39 is 0 Å². The van der Waals surface area contributed by atoms with Crippen LogP contribution >= 0.6 is 0 Å². The number of aryl methyl sites for hydroxylation is 1. The smallest absolute Gasteiger partial charge is 0.317 e. The Balaban J connectivity index is 1.55. The van der Waals surface area contributed by atoms with E-state index in [9.17, 15) is 9.59 Å². The van der Waals surface area contributed by atoms with E-state index in [1.807, 2.05) is 54.6 Å². The standard InChI is InChI=1S/C22H27N3O2/c1-2-18-11-6-7-13-20(18)24-21(26)19-12-8-14-25(16-19)22(27)23-15-17-9-4-3-5-10-17/h3-7,9-11,13,19H,2,8,12,14-16H2,1H3,(H,23,27)(H,24,26). The van der Waals surface area contributed by atoms with Gasteiger partial charge >= 0.3 is 6.03 Å².